The van der Waals surface area contributed by atoms with Crippen LogP contribution in [0.15, 0.2) is 77.4 Å². The van der Waals surface area contributed by atoms with Crippen LogP contribution in [0.1, 0.15) is 27.2 Å². The zero-order chi connectivity index (χ0) is 19.8. The normalized spacial score (nSPS) is 10.3. The lowest BCUT2D eigenvalue weighted by Crippen LogP contribution is -2.38. The number of carbonyl (C=O) groups excluding carboxylic acids is 2. The Kier molecular flexibility index (Phi) is 6.46. The molecule has 6 nitrogen and oxygen atoms in total. The smallest absolute Gasteiger partial charge is 0.318 e. The maximum absolute atomic E-state index is 12.8. The largest absolute Gasteiger partial charge is 0.467 e. The molecule has 0 aliphatic carbocycles. The Hall–Kier alpha value is -3.54. The maximum Gasteiger partial charge on any atom is 0.318 e. The third-order valence-electron chi connectivity index (χ3n) is 4.32. The van der Waals surface area contributed by atoms with Crippen LogP contribution in [0.2, 0.25) is 0 Å². The van der Waals surface area contributed by atoms with Crippen molar-refractivity contribution in [3.8, 4) is 0 Å². The fraction of sp³-hybridized carbons (Fsp3) is 0.182. The number of hydrogen-bond donors (Lipinski definition) is 2. The standard InChI is InChI=1S/C22H23N3O3/c1-23-21(26)19-11-9-18(10-12-19)15-25(16-20-8-5-13-28-20)22(27)24-14-17-6-3-2-4-7-17/h2-13H,14-16H2,1H3,(H,23,26)(H,24,27). The first kappa shape index (κ1) is 19.2. The highest BCUT2D eigenvalue weighted by Crippen LogP contribution is 2.12. The molecule has 28 heavy (non-hydrogen) atoms. The Morgan fingerprint density at radius 2 is 1.64 bits per heavy atom. The lowest BCUT2D eigenvalue weighted by Gasteiger charge is -2.22. The van der Waals surface area contributed by atoms with Crippen LogP contribution in [-0.2, 0) is 19.6 Å². The number of carbonyl (C=O) groups is 2. The van der Waals surface area contributed by atoms with E-state index in [-0.39, 0.29) is 11.9 Å². The van der Waals surface area contributed by atoms with E-state index in [1.165, 1.54) is 0 Å². The first-order chi connectivity index (χ1) is 13.7. The molecule has 0 fully saturated rings. The Labute approximate surface area is 164 Å². The van der Waals surface area contributed by atoms with E-state index >= 15 is 0 Å². The van der Waals surface area contributed by atoms with Crippen LogP contribution in [-0.4, -0.2) is 23.9 Å². The van der Waals surface area contributed by atoms with E-state index in [9.17, 15) is 9.59 Å². The van der Waals surface area contributed by atoms with Gasteiger partial charge in [-0.3, -0.25) is 4.79 Å². The van der Waals surface area contributed by atoms with Gasteiger partial charge in [-0.15, -0.1) is 0 Å². The summed E-state index contributed by atoms with van der Waals surface area (Å²) in [6.45, 7) is 1.20. The summed E-state index contributed by atoms with van der Waals surface area (Å²) in [4.78, 5) is 26.1. The predicted octanol–water partition coefficient (Wildman–Crippen LogP) is 3.55. The van der Waals surface area contributed by atoms with Gasteiger partial charge >= 0.3 is 6.03 Å². The number of rotatable bonds is 7. The van der Waals surface area contributed by atoms with Crippen LogP contribution in [0, 0.1) is 0 Å². The van der Waals surface area contributed by atoms with E-state index in [0.29, 0.717) is 31.0 Å². The van der Waals surface area contributed by atoms with Crippen molar-refractivity contribution in [2.75, 3.05) is 7.05 Å². The van der Waals surface area contributed by atoms with Gasteiger partial charge in [0.25, 0.3) is 5.91 Å². The lowest BCUT2D eigenvalue weighted by molar-refractivity contribution is 0.0963. The molecule has 2 aromatic carbocycles. The molecular formula is C22H23N3O3. The Bertz CT molecular complexity index is 891. The van der Waals surface area contributed by atoms with E-state index in [4.69, 9.17) is 4.42 Å². The second kappa shape index (κ2) is 9.41. The number of urea groups is 1. The minimum Gasteiger partial charge on any atom is -0.467 e. The van der Waals surface area contributed by atoms with Crippen molar-refractivity contribution >= 4 is 11.9 Å². The van der Waals surface area contributed by atoms with Gasteiger partial charge in [-0.05, 0) is 35.4 Å². The SMILES string of the molecule is CNC(=O)c1ccc(CN(Cc2ccco2)C(=O)NCc2ccccc2)cc1. The second-order valence-corrected chi connectivity index (χ2v) is 6.36. The summed E-state index contributed by atoms with van der Waals surface area (Å²) in [5.74, 6) is 0.566. The Morgan fingerprint density at radius 1 is 0.893 bits per heavy atom. The molecule has 0 bridgehead atoms. The zero-order valence-electron chi connectivity index (χ0n) is 15.7. The topological polar surface area (TPSA) is 74.6 Å². The van der Waals surface area contributed by atoms with Crippen LogP contribution in [0.3, 0.4) is 0 Å². The summed E-state index contributed by atoms with van der Waals surface area (Å²) in [6, 6.07) is 20.4. The molecule has 2 N–H and O–H groups in total. The summed E-state index contributed by atoms with van der Waals surface area (Å²) in [5, 5.41) is 5.55. The van der Waals surface area contributed by atoms with Gasteiger partial charge in [0.1, 0.15) is 5.76 Å². The maximum atomic E-state index is 12.8. The number of hydrogen-bond acceptors (Lipinski definition) is 3. The highest BCUT2D eigenvalue weighted by Gasteiger charge is 2.16. The van der Waals surface area contributed by atoms with E-state index in [0.717, 1.165) is 11.1 Å². The van der Waals surface area contributed by atoms with Crippen LogP contribution >= 0.6 is 0 Å². The molecule has 0 saturated carbocycles. The first-order valence-corrected chi connectivity index (χ1v) is 9.06. The molecule has 0 unspecified atom stereocenters. The van der Waals surface area contributed by atoms with Crippen molar-refractivity contribution in [1.82, 2.24) is 15.5 Å². The fourth-order valence-electron chi connectivity index (χ4n) is 2.80. The van der Waals surface area contributed by atoms with Gasteiger partial charge in [0.2, 0.25) is 0 Å². The molecule has 0 aliphatic heterocycles. The van der Waals surface area contributed by atoms with Crippen LogP contribution in [0.5, 0.6) is 0 Å². The number of benzene rings is 2. The molecule has 6 heteroatoms. The summed E-state index contributed by atoms with van der Waals surface area (Å²) in [7, 11) is 1.60. The van der Waals surface area contributed by atoms with Gasteiger partial charge < -0.3 is 20.0 Å². The molecule has 0 radical (unpaired) electrons. The minimum absolute atomic E-state index is 0.139. The van der Waals surface area contributed by atoms with Gasteiger partial charge in [-0.2, -0.15) is 0 Å². The third-order valence-corrected chi connectivity index (χ3v) is 4.32. The minimum atomic E-state index is -0.185. The molecule has 3 rings (SSSR count). The fourth-order valence-corrected chi connectivity index (χ4v) is 2.80. The number of amides is 3. The van der Waals surface area contributed by atoms with Crippen molar-refractivity contribution in [2.24, 2.45) is 0 Å². The van der Waals surface area contributed by atoms with Crippen molar-refractivity contribution in [2.45, 2.75) is 19.6 Å². The van der Waals surface area contributed by atoms with Crippen molar-refractivity contribution in [3.05, 3.63) is 95.4 Å². The molecule has 1 heterocycles. The molecule has 144 valence electrons. The van der Waals surface area contributed by atoms with E-state index in [1.807, 2.05) is 48.5 Å². The van der Waals surface area contributed by atoms with Gasteiger partial charge in [0, 0.05) is 25.7 Å². The number of nitrogens with zero attached hydrogens (tertiary/aromatic N) is 1. The highest BCUT2D eigenvalue weighted by molar-refractivity contribution is 5.93. The summed E-state index contributed by atoms with van der Waals surface area (Å²) in [5.41, 5.74) is 2.54. The molecule has 0 atom stereocenters. The van der Waals surface area contributed by atoms with Gasteiger partial charge in [0.05, 0.1) is 12.8 Å². The monoisotopic (exact) mass is 377 g/mol. The summed E-state index contributed by atoms with van der Waals surface area (Å²) >= 11 is 0. The van der Waals surface area contributed by atoms with Gasteiger partial charge in [-0.25, -0.2) is 4.79 Å². The van der Waals surface area contributed by atoms with Crippen molar-refractivity contribution in [3.63, 3.8) is 0 Å². The Balaban J connectivity index is 1.69. The average Bonchev–Trinajstić information content (AvgIpc) is 3.25. The Morgan fingerprint density at radius 3 is 2.29 bits per heavy atom. The van der Waals surface area contributed by atoms with Crippen LogP contribution < -0.4 is 10.6 Å². The van der Waals surface area contributed by atoms with E-state index < -0.39 is 0 Å². The third kappa shape index (κ3) is 5.23. The van der Waals surface area contributed by atoms with Gasteiger partial charge in [0.15, 0.2) is 0 Å². The van der Waals surface area contributed by atoms with E-state index in [2.05, 4.69) is 10.6 Å². The molecular weight excluding hydrogens is 354 g/mol. The van der Waals surface area contributed by atoms with Crippen molar-refractivity contribution < 1.29 is 14.0 Å². The molecule has 3 aromatic rings. The van der Waals surface area contributed by atoms with E-state index in [1.54, 1.807) is 36.4 Å². The second-order valence-electron chi connectivity index (χ2n) is 6.36. The zero-order valence-corrected chi connectivity index (χ0v) is 15.7. The van der Waals surface area contributed by atoms with Crippen LogP contribution in [0.4, 0.5) is 4.79 Å². The molecule has 0 saturated heterocycles. The quantitative estimate of drug-likeness (QED) is 0.661. The number of furan rings is 1. The average molecular weight is 377 g/mol. The van der Waals surface area contributed by atoms with Gasteiger partial charge in [-0.1, -0.05) is 42.5 Å². The summed E-state index contributed by atoms with van der Waals surface area (Å²) < 4.78 is 5.41. The molecule has 0 spiro atoms. The summed E-state index contributed by atoms with van der Waals surface area (Å²) in [6.07, 6.45) is 1.59. The molecule has 1 aromatic heterocycles. The van der Waals surface area contributed by atoms with Crippen LogP contribution in [0.25, 0.3) is 0 Å². The predicted molar refractivity (Wildman–Crippen MR) is 106 cm³/mol. The number of nitrogens with one attached hydrogen (secondary N) is 2. The lowest BCUT2D eigenvalue weighted by atomic mass is 10.1. The molecule has 0 aliphatic rings. The molecule has 3 amide bonds. The highest BCUT2D eigenvalue weighted by atomic mass is 16.3. The first-order valence-electron chi connectivity index (χ1n) is 9.06. The van der Waals surface area contributed by atoms with Crippen molar-refractivity contribution in [1.29, 1.82) is 0 Å².